The first-order valence-electron chi connectivity index (χ1n) is 4.34. The van der Waals surface area contributed by atoms with Gasteiger partial charge in [0.25, 0.3) is 0 Å². The van der Waals surface area contributed by atoms with Crippen molar-refractivity contribution in [2.24, 2.45) is 5.92 Å². The lowest BCUT2D eigenvalue weighted by atomic mass is 9.98. The third kappa shape index (κ3) is 2.98. The molecule has 13 heavy (non-hydrogen) atoms. The van der Waals surface area contributed by atoms with Gasteiger partial charge >= 0.3 is 0 Å². The largest absolute Gasteiger partial charge is 0.300 e. The Balaban J connectivity index is 2.69. The van der Waals surface area contributed by atoms with Gasteiger partial charge in [0.15, 0.2) is 0 Å². The van der Waals surface area contributed by atoms with Crippen LogP contribution in [0.5, 0.6) is 0 Å². The minimum atomic E-state index is -0.242. The monoisotopic (exact) mass is 180 g/mol. The molecule has 0 amide bonds. The summed E-state index contributed by atoms with van der Waals surface area (Å²) in [6.07, 6.45) is 0.618. The second-order valence-electron chi connectivity index (χ2n) is 3.35. The summed E-state index contributed by atoms with van der Waals surface area (Å²) in [5, 5.41) is 0. The van der Waals surface area contributed by atoms with E-state index in [9.17, 15) is 9.18 Å². The summed E-state index contributed by atoms with van der Waals surface area (Å²) >= 11 is 0. The van der Waals surface area contributed by atoms with Gasteiger partial charge in [0.05, 0.1) is 0 Å². The van der Waals surface area contributed by atoms with Gasteiger partial charge in [-0.15, -0.1) is 0 Å². The Bertz CT molecular complexity index is 307. The van der Waals surface area contributed by atoms with Crippen LogP contribution in [-0.4, -0.2) is 5.78 Å². The first-order chi connectivity index (χ1) is 6.09. The highest BCUT2D eigenvalue weighted by Crippen LogP contribution is 2.10. The molecule has 0 N–H and O–H groups in total. The molecule has 0 saturated carbocycles. The third-order valence-corrected chi connectivity index (χ3v) is 2.12. The zero-order valence-corrected chi connectivity index (χ0v) is 7.88. The van der Waals surface area contributed by atoms with E-state index >= 15 is 0 Å². The van der Waals surface area contributed by atoms with Gasteiger partial charge < -0.3 is 0 Å². The van der Waals surface area contributed by atoms with Gasteiger partial charge in [0.1, 0.15) is 11.6 Å². The number of benzene rings is 1. The smallest absolute Gasteiger partial charge is 0.132 e. The number of rotatable bonds is 3. The summed E-state index contributed by atoms with van der Waals surface area (Å²) in [4.78, 5) is 10.9. The Morgan fingerprint density at radius 1 is 1.54 bits per heavy atom. The number of carbonyl (C=O) groups is 1. The highest BCUT2D eigenvalue weighted by Gasteiger charge is 2.08. The Morgan fingerprint density at radius 2 is 2.23 bits per heavy atom. The topological polar surface area (TPSA) is 17.1 Å². The summed E-state index contributed by atoms with van der Waals surface area (Å²) in [5.41, 5.74) is 0.878. The van der Waals surface area contributed by atoms with Gasteiger partial charge in [-0.1, -0.05) is 19.1 Å². The highest BCUT2D eigenvalue weighted by molar-refractivity contribution is 5.78. The van der Waals surface area contributed by atoms with Gasteiger partial charge in [0.2, 0.25) is 0 Å². The van der Waals surface area contributed by atoms with E-state index in [1.807, 2.05) is 13.0 Å². The second kappa shape index (κ2) is 4.17. The van der Waals surface area contributed by atoms with Crippen molar-refractivity contribution in [3.8, 4) is 0 Å². The first-order valence-corrected chi connectivity index (χ1v) is 4.34. The summed E-state index contributed by atoms with van der Waals surface area (Å²) in [6, 6.07) is 6.38. The van der Waals surface area contributed by atoms with Gasteiger partial charge in [-0.05, 0) is 31.0 Å². The average Bonchev–Trinajstić information content (AvgIpc) is 2.04. The molecule has 1 atom stereocenters. The van der Waals surface area contributed by atoms with Crippen LogP contribution in [-0.2, 0) is 11.2 Å². The van der Waals surface area contributed by atoms with E-state index in [0.29, 0.717) is 6.42 Å². The second-order valence-corrected chi connectivity index (χ2v) is 3.35. The molecule has 0 fully saturated rings. The van der Waals surface area contributed by atoms with Gasteiger partial charge in [0, 0.05) is 5.92 Å². The number of carbonyl (C=O) groups excluding carboxylic acids is 1. The normalized spacial score (nSPS) is 12.5. The van der Waals surface area contributed by atoms with Crippen LogP contribution in [0.15, 0.2) is 24.3 Å². The molecule has 0 aliphatic rings. The van der Waals surface area contributed by atoms with Crippen molar-refractivity contribution in [3.05, 3.63) is 35.6 Å². The maximum Gasteiger partial charge on any atom is 0.132 e. The lowest BCUT2D eigenvalue weighted by molar-refractivity contribution is -0.120. The van der Waals surface area contributed by atoms with E-state index in [0.717, 1.165) is 5.56 Å². The number of hydrogen-bond acceptors (Lipinski definition) is 1. The third-order valence-electron chi connectivity index (χ3n) is 2.12. The SMILES string of the molecule is CC(=O)C(C)Cc1cccc(F)c1. The molecule has 1 rings (SSSR count). The number of ketones is 1. The summed E-state index contributed by atoms with van der Waals surface area (Å²) < 4.78 is 12.7. The molecule has 1 nitrogen and oxygen atoms in total. The van der Waals surface area contributed by atoms with Crippen molar-refractivity contribution >= 4 is 5.78 Å². The zero-order valence-electron chi connectivity index (χ0n) is 7.88. The Hall–Kier alpha value is -1.18. The molecule has 0 spiro atoms. The van der Waals surface area contributed by atoms with Crippen LogP contribution in [0.2, 0.25) is 0 Å². The van der Waals surface area contributed by atoms with Crippen molar-refractivity contribution in [3.63, 3.8) is 0 Å². The first kappa shape index (κ1) is 9.90. The Kier molecular flexibility index (Phi) is 3.18. The lowest BCUT2D eigenvalue weighted by Crippen LogP contribution is -2.09. The highest BCUT2D eigenvalue weighted by atomic mass is 19.1. The van der Waals surface area contributed by atoms with Crippen LogP contribution in [0.4, 0.5) is 4.39 Å². The number of hydrogen-bond donors (Lipinski definition) is 0. The van der Waals surface area contributed by atoms with Crippen LogP contribution >= 0.6 is 0 Å². The maximum absolute atomic E-state index is 12.7. The van der Waals surface area contributed by atoms with E-state index in [1.54, 1.807) is 13.0 Å². The molecule has 0 aliphatic heterocycles. The van der Waals surface area contributed by atoms with Crippen LogP contribution in [0.1, 0.15) is 19.4 Å². The molecular weight excluding hydrogens is 167 g/mol. The van der Waals surface area contributed by atoms with Crippen LogP contribution in [0.25, 0.3) is 0 Å². The van der Waals surface area contributed by atoms with Crippen molar-refractivity contribution < 1.29 is 9.18 Å². The fraction of sp³-hybridized carbons (Fsp3) is 0.364. The van der Waals surface area contributed by atoms with E-state index in [-0.39, 0.29) is 17.5 Å². The van der Waals surface area contributed by atoms with Crippen molar-refractivity contribution in [1.29, 1.82) is 0 Å². The fourth-order valence-electron chi connectivity index (χ4n) is 1.16. The van der Waals surface area contributed by atoms with Crippen molar-refractivity contribution in [2.45, 2.75) is 20.3 Å². The van der Waals surface area contributed by atoms with Crippen LogP contribution < -0.4 is 0 Å². The number of halogens is 1. The van der Waals surface area contributed by atoms with Crippen molar-refractivity contribution in [2.75, 3.05) is 0 Å². The molecule has 0 bridgehead atoms. The summed E-state index contributed by atoms with van der Waals surface area (Å²) in [7, 11) is 0. The van der Waals surface area contributed by atoms with Gasteiger partial charge in [-0.2, -0.15) is 0 Å². The van der Waals surface area contributed by atoms with E-state index < -0.39 is 0 Å². The summed E-state index contributed by atoms with van der Waals surface area (Å²) in [5.74, 6) is -0.126. The molecule has 1 unspecified atom stereocenters. The summed E-state index contributed by atoms with van der Waals surface area (Å²) in [6.45, 7) is 3.41. The molecular formula is C11H13FO. The number of Topliss-reactive ketones (excluding diaryl/α,β-unsaturated/α-hetero) is 1. The van der Waals surface area contributed by atoms with Gasteiger partial charge in [-0.3, -0.25) is 4.79 Å². The molecule has 0 saturated heterocycles. The molecule has 0 aliphatic carbocycles. The molecule has 1 aromatic carbocycles. The molecule has 0 radical (unpaired) electrons. The maximum atomic E-state index is 12.7. The Morgan fingerprint density at radius 3 is 2.77 bits per heavy atom. The van der Waals surface area contributed by atoms with E-state index in [1.165, 1.54) is 12.1 Å². The van der Waals surface area contributed by atoms with Crippen molar-refractivity contribution in [1.82, 2.24) is 0 Å². The standard InChI is InChI=1S/C11H13FO/c1-8(9(2)13)6-10-4-3-5-11(12)7-10/h3-5,7-8H,6H2,1-2H3. The quantitative estimate of drug-likeness (QED) is 0.698. The Labute approximate surface area is 77.6 Å². The molecule has 1 aromatic rings. The fourth-order valence-corrected chi connectivity index (χ4v) is 1.16. The minimum absolute atomic E-state index is 0.0261. The van der Waals surface area contributed by atoms with Crippen LogP contribution in [0, 0.1) is 11.7 Å². The average molecular weight is 180 g/mol. The molecule has 0 heterocycles. The van der Waals surface area contributed by atoms with E-state index in [4.69, 9.17) is 0 Å². The lowest BCUT2D eigenvalue weighted by Gasteiger charge is -2.06. The molecule has 0 aromatic heterocycles. The van der Waals surface area contributed by atoms with E-state index in [2.05, 4.69) is 0 Å². The molecule has 2 heteroatoms. The zero-order chi connectivity index (χ0) is 9.84. The molecule has 70 valence electrons. The minimum Gasteiger partial charge on any atom is -0.300 e. The van der Waals surface area contributed by atoms with Gasteiger partial charge in [-0.25, -0.2) is 4.39 Å². The predicted octanol–water partition coefficient (Wildman–Crippen LogP) is 2.59. The predicted molar refractivity (Wildman–Crippen MR) is 49.9 cm³/mol. The van der Waals surface area contributed by atoms with Crippen LogP contribution in [0.3, 0.4) is 0 Å².